The highest BCUT2D eigenvalue weighted by atomic mass is 35.5. The van der Waals surface area contributed by atoms with Gasteiger partial charge in [0.05, 0.1) is 22.8 Å². The first-order valence-electron chi connectivity index (χ1n) is 6.39. The Morgan fingerprint density at radius 3 is 3.05 bits per heavy atom. The molecule has 0 fully saturated rings. The minimum atomic E-state index is 0.205. The van der Waals surface area contributed by atoms with Gasteiger partial charge in [-0.15, -0.1) is 11.3 Å². The average molecular weight is 329 g/mol. The van der Waals surface area contributed by atoms with E-state index in [0.29, 0.717) is 16.7 Å². The quantitative estimate of drug-likeness (QED) is 0.908. The topological polar surface area (TPSA) is 34.2 Å². The molecule has 0 radical (unpaired) electrons. The number of aryl methyl sites for hydroxylation is 1. The Labute approximate surface area is 131 Å². The molecule has 1 aliphatic rings. The number of nitrogens with zero attached hydrogens (tertiary/aromatic N) is 1. The van der Waals surface area contributed by atoms with E-state index in [2.05, 4.69) is 10.3 Å². The number of ether oxygens (including phenoxy) is 1. The Hall–Kier alpha value is -0.810. The zero-order chi connectivity index (χ0) is 14.1. The van der Waals surface area contributed by atoms with Crippen molar-refractivity contribution in [3.05, 3.63) is 43.8 Å². The summed E-state index contributed by atoms with van der Waals surface area (Å²) in [5.74, 6) is 0.751. The van der Waals surface area contributed by atoms with Gasteiger partial charge in [0.2, 0.25) is 0 Å². The molecule has 0 saturated carbocycles. The summed E-state index contributed by atoms with van der Waals surface area (Å²) in [6.07, 6.45) is 0.904. The van der Waals surface area contributed by atoms with Crippen molar-refractivity contribution in [1.29, 1.82) is 0 Å². The van der Waals surface area contributed by atoms with Crippen LogP contribution in [0.4, 0.5) is 0 Å². The van der Waals surface area contributed by atoms with Gasteiger partial charge < -0.3 is 10.1 Å². The second kappa shape index (κ2) is 5.90. The van der Waals surface area contributed by atoms with Crippen molar-refractivity contribution in [3.63, 3.8) is 0 Å². The molecule has 6 heteroatoms. The first-order valence-corrected chi connectivity index (χ1v) is 8.03. The molecule has 0 saturated heterocycles. The van der Waals surface area contributed by atoms with Crippen LogP contribution in [0.1, 0.15) is 28.6 Å². The average Bonchev–Trinajstić information content (AvgIpc) is 2.82. The molecular weight excluding hydrogens is 315 g/mol. The highest BCUT2D eigenvalue weighted by Crippen LogP contribution is 2.40. The lowest BCUT2D eigenvalue weighted by Gasteiger charge is -2.27. The number of halogens is 2. The molecule has 2 aromatic rings. The third-order valence-corrected chi connectivity index (χ3v) is 4.85. The van der Waals surface area contributed by atoms with Gasteiger partial charge in [0, 0.05) is 34.5 Å². The SMILES string of the molecule is Cc1ncsc1CNC1CCOc2c(Cl)cc(Cl)cc21. The van der Waals surface area contributed by atoms with Crippen LogP contribution >= 0.6 is 34.5 Å². The lowest BCUT2D eigenvalue weighted by Crippen LogP contribution is -2.26. The van der Waals surface area contributed by atoms with Crippen LogP contribution in [0.5, 0.6) is 5.75 Å². The lowest BCUT2D eigenvalue weighted by molar-refractivity contribution is 0.252. The fourth-order valence-electron chi connectivity index (χ4n) is 2.35. The number of hydrogen-bond donors (Lipinski definition) is 1. The second-order valence-electron chi connectivity index (χ2n) is 4.74. The Morgan fingerprint density at radius 2 is 2.30 bits per heavy atom. The van der Waals surface area contributed by atoms with Crippen LogP contribution in [0.3, 0.4) is 0 Å². The predicted molar refractivity (Wildman–Crippen MR) is 83.0 cm³/mol. The lowest BCUT2D eigenvalue weighted by atomic mass is 10.0. The fourth-order valence-corrected chi connectivity index (χ4v) is 3.64. The molecule has 1 N–H and O–H groups in total. The van der Waals surface area contributed by atoms with Crippen molar-refractivity contribution >= 4 is 34.5 Å². The van der Waals surface area contributed by atoms with Crippen LogP contribution in [-0.2, 0) is 6.54 Å². The van der Waals surface area contributed by atoms with E-state index in [9.17, 15) is 0 Å². The summed E-state index contributed by atoms with van der Waals surface area (Å²) < 4.78 is 5.66. The largest absolute Gasteiger partial charge is 0.492 e. The third kappa shape index (κ3) is 2.79. The molecule has 1 aromatic heterocycles. The first-order chi connectivity index (χ1) is 9.65. The van der Waals surface area contributed by atoms with E-state index in [1.54, 1.807) is 17.4 Å². The Morgan fingerprint density at radius 1 is 1.45 bits per heavy atom. The van der Waals surface area contributed by atoms with Crippen molar-refractivity contribution in [2.75, 3.05) is 6.61 Å². The smallest absolute Gasteiger partial charge is 0.142 e. The predicted octanol–water partition coefficient (Wildman–Crippen LogP) is 4.37. The zero-order valence-corrected chi connectivity index (χ0v) is 13.3. The summed E-state index contributed by atoms with van der Waals surface area (Å²) in [4.78, 5) is 5.52. The Bertz CT molecular complexity index is 630. The van der Waals surface area contributed by atoms with Crippen molar-refractivity contribution in [1.82, 2.24) is 10.3 Å². The summed E-state index contributed by atoms with van der Waals surface area (Å²) in [6, 6.07) is 3.85. The zero-order valence-electron chi connectivity index (χ0n) is 11.0. The highest BCUT2D eigenvalue weighted by molar-refractivity contribution is 7.09. The van der Waals surface area contributed by atoms with Crippen LogP contribution < -0.4 is 10.1 Å². The van der Waals surface area contributed by atoms with Gasteiger partial charge in [0.1, 0.15) is 5.75 Å². The maximum atomic E-state index is 6.19. The number of hydrogen-bond acceptors (Lipinski definition) is 4. The van der Waals surface area contributed by atoms with Crippen molar-refractivity contribution in [2.24, 2.45) is 0 Å². The van der Waals surface area contributed by atoms with Crippen LogP contribution in [0.2, 0.25) is 10.0 Å². The summed E-state index contributed by atoms with van der Waals surface area (Å²) >= 11 is 14.0. The van der Waals surface area contributed by atoms with Gasteiger partial charge >= 0.3 is 0 Å². The number of fused-ring (bicyclic) bond motifs is 1. The minimum absolute atomic E-state index is 0.205. The van der Waals surface area contributed by atoms with Crippen LogP contribution in [-0.4, -0.2) is 11.6 Å². The number of rotatable bonds is 3. The summed E-state index contributed by atoms with van der Waals surface area (Å²) in [7, 11) is 0. The molecule has 3 rings (SSSR count). The van der Waals surface area contributed by atoms with Crippen LogP contribution in [0, 0.1) is 6.92 Å². The monoisotopic (exact) mass is 328 g/mol. The van der Waals surface area contributed by atoms with E-state index in [1.807, 2.05) is 18.5 Å². The molecule has 0 amide bonds. The van der Waals surface area contributed by atoms with Crippen LogP contribution in [0.15, 0.2) is 17.6 Å². The summed E-state index contributed by atoms with van der Waals surface area (Å²) in [6.45, 7) is 3.48. The van der Waals surface area contributed by atoms with E-state index in [0.717, 1.165) is 30.0 Å². The van der Waals surface area contributed by atoms with Gasteiger partial charge in [-0.1, -0.05) is 23.2 Å². The number of nitrogens with one attached hydrogen (secondary N) is 1. The second-order valence-corrected chi connectivity index (χ2v) is 6.52. The minimum Gasteiger partial charge on any atom is -0.492 e. The molecule has 0 bridgehead atoms. The molecule has 1 aliphatic heterocycles. The van der Waals surface area contributed by atoms with Gasteiger partial charge in [-0.3, -0.25) is 0 Å². The maximum absolute atomic E-state index is 6.19. The third-order valence-electron chi connectivity index (χ3n) is 3.42. The van der Waals surface area contributed by atoms with Gasteiger partial charge in [0.25, 0.3) is 0 Å². The van der Waals surface area contributed by atoms with E-state index in [1.165, 1.54) is 4.88 Å². The van der Waals surface area contributed by atoms with Crippen molar-refractivity contribution in [3.8, 4) is 5.75 Å². The number of benzene rings is 1. The molecule has 3 nitrogen and oxygen atoms in total. The van der Waals surface area contributed by atoms with E-state index in [-0.39, 0.29) is 6.04 Å². The first kappa shape index (κ1) is 14.1. The summed E-state index contributed by atoms with van der Waals surface area (Å²) in [5.41, 5.74) is 3.99. The molecule has 106 valence electrons. The van der Waals surface area contributed by atoms with E-state index in [4.69, 9.17) is 27.9 Å². The molecule has 0 aliphatic carbocycles. The molecule has 0 spiro atoms. The van der Waals surface area contributed by atoms with E-state index >= 15 is 0 Å². The molecule has 20 heavy (non-hydrogen) atoms. The molecular formula is C14H14Cl2N2OS. The molecule has 2 heterocycles. The standard InChI is InChI=1S/C14H14Cl2N2OS/c1-8-13(20-7-18-8)6-17-12-2-3-19-14-10(12)4-9(15)5-11(14)16/h4-5,7,12,17H,2-3,6H2,1H3. The van der Waals surface area contributed by atoms with Gasteiger partial charge in [-0.25, -0.2) is 4.98 Å². The number of thiazole rings is 1. The van der Waals surface area contributed by atoms with Crippen molar-refractivity contribution < 1.29 is 4.74 Å². The van der Waals surface area contributed by atoms with Crippen LogP contribution in [0.25, 0.3) is 0 Å². The molecule has 1 aromatic carbocycles. The maximum Gasteiger partial charge on any atom is 0.142 e. The fraction of sp³-hybridized carbons (Fsp3) is 0.357. The normalized spacial score (nSPS) is 17.6. The van der Waals surface area contributed by atoms with Crippen molar-refractivity contribution in [2.45, 2.75) is 25.9 Å². The Kier molecular flexibility index (Phi) is 4.17. The summed E-state index contributed by atoms with van der Waals surface area (Å²) in [5, 5.41) is 4.76. The number of aromatic nitrogens is 1. The van der Waals surface area contributed by atoms with E-state index < -0.39 is 0 Å². The van der Waals surface area contributed by atoms with Gasteiger partial charge in [-0.05, 0) is 19.1 Å². The van der Waals surface area contributed by atoms with Gasteiger partial charge in [0.15, 0.2) is 0 Å². The Balaban J connectivity index is 1.81. The highest BCUT2D eigenvalue weighted by Gasteiger charge is 2.24. The molecule has 1 atom stereocenters. The van der Waals surface area contributed by atoms with Gasteiger partial charge in [-0.2, -0.15) is 0 Å². The molecule has 1 unspecified atom stereocenters.